The van der Waals surface area contributed by atoms with Crippen molar-refractivity contribution in [1.82, 2.24) is 20.2 Å². The van der Waals surface area contributed by atoms with Crippen LogP contribution in [0.25, 0.3) is 0 Å². The largest absolute Gasteiger partial charge is 0.463 e. The first kappa shape index (κ1) is 14.5. The quantitative estimate of drug-likeness (QED) is 0.727. The molecule has 0 unspecified atom stereocenters. The molecule has 3 N–H and O–H groups in total. The Bertz CT molecular complexity index is 477. The van der Waals surface area contributed by atoms with E-state index in [2.05, 4.69) is 20.2 Å². The molecular weight excluding hydrogens is 270 g/mol. The molecule has 3 heterocycles. The maximum atomic E-state index is 5.98. The third-order valence-electron chi connectivity index (χ3n) is 3.90. The number of nitrogens with one attached hydrogen (secondary N) is 1. The molecule has 116 valence electrons. The van der Waals surface area contributed by atoms with Crippen LogP contribution in [0.3, 0.4) is 0 Å². The summed E-state index contributed by atoms with van der Waals surface area (Å²) >= 11 is 0. The van der Waals surface area contributed by atoms with Gasteiger partial charge in [0.1, 0.15) is 5.82 Å². The van der Waals surface area contributed by atoms with E-state index in [0.717, 1.165) is 70.0 Å². The van der Waals surface area contributed by atoms with Gasteiger partial charge in [0.2, 0.25) is 0 Å². The minimum atomic E-state index is 0.400. The van der Waals surface area contributed by atoms with Crippen LogP contribution >= 0.6 is 0 Å². The van der Waals surface area contributed by atoms with E-state index in [1.807, 2.05) is 0 Å². The Morgan fingerprint density at radius 1 is 1.29 bits per heavy atom. The zero-order valence-corrected chi connectivity index (χ0v) is 12.3. The number of aromatic nitrogens is 2. The Morgan fingerprint density at radius 3 is 3.00 bits per heavy atom. The molecule has 0 bridgehead atoms. The van der Waals surface area contributed by atoms with Crippen molar-refractivity contribution in [1.29, 1.82) is 0 Å². The molecule has 1 saturated heterocycles. The second-order valence-corrected chi connectivity index (χ2v) is 5.40. The summed E-state index contributed by atoms with van der Waals surface area (Å²) in [7, 11) is 0. The lowest BCUT2D eigenvalue weighted by atomic mass is 10.1. The number of anilines is 1. The molecule has 1 aromatic heterocycles. The molecule has 2 aliphatic heterocycles. The molecular formula is C14H23N5O2. The van der Waals surface area contributed by atoms with Crippen molar-refractivity contribution in [3.63, 3.8) is 0 Å². The highest BCUT2D eigenvalue weighted by molar-refractivity contribution is 5.44. The summed E-state index contributed by atoms with van der Waals surface area (Å²) in [6, 6.07) is 0.400. The highest BCUT2D eigenvalue weighted by Gasteiger charge is 2.16. The topological polar surface area (TPSA) is 85.5 Å². The molecule has 2 aliphatic rings. The molecule has 1 fully saturated rings. The number of morpholine rings is 1. The van der Waals surface area contributed by atoms with Gasteiger partial charge in [-0.25, -0.2) is 0 Å². The van der Waals surface area contributed by atoms with Crippen LogP contribution in [0.15, 0.2) is 0 Å². The maximum absolute atomic E-state index is 5.98. The Kier molecular flexibility index (Phi) is 4.84. The van der Waals surface area contributed by atoms with Crippen LogP contribution in [0.1, 0.15) is 17.7 Å². The Labute approximate surface area is 124 Å². The fraction of sp³-hybridized carbons (Fsp3) is 0.714. The molecule has 7 nitrogen and oxygen atoms in total. The van der Waals surface area contributed by atoms with E-state index in [9.17, 15) is 0 Å². The van der Waals surface area contributed by atoms with E-state index in [0.29, 0.717) is 18.4 Å². The van der Waals surface area contributed by atoms with Crippen molar-refractivity contribution in [3.8, 4) is 6.01 Å². The summed E-state index contributed by atoms with van der Waals surface area (Å²) in [5, 5.41) is 3.29. The summed E-state index contributed by atoms with van der Waals surface area (Å²) in [4.78, 5) is 11.1. The molecule has 0 saturated carbocycles. The van der Waals surface area contributed by atoms with Crippen LogP contribution in [0.2, 0.25) is 0 Å². The Hall–Kier alpha value is -1.44. The van der Waals surface area contributed by atoms with Gasteiger partial charge >= 0.3 is 6.01 Å². The summed E-state index contributed by atoms with van der Waals surface area (Å²) in [6.07, 6.45) is 1.84. The first-order valence-corrected chi connectivity index (χ1v) is 7.62. The summed E-state index contributed by atoms with van der Waals surface area (Å²) in [5.41, 5.74) is 8.02. The Balaban J connectivity index is 1.47. The van der Waals surface area contributed by atoms with Crippen LogP contribution in [0, 0.1) is 0 Å². The van der Waals surface area contributed by atoms with E-state index in [1.165, 1.54) is 0 Å². The molecule has 3 rings (SSSR count). The second kappa shape index (κ2) is 7.02. The molecule has 0 spiro atoms. The summed E-state index contributed by atoms with van der Waals surface area (Å²) < 4.78 is 11.0. The molecule has 0 radical (unpaired) electrons. The number of ether oxygens (including phenoxy) is 2. The number of nitrogens with two attached hydrogens (primary N) is 1. The summed E-state index contributed by atoms with van der Waals surface area (Å²) in [5.74, 6) is 0.560. The number of hydrogen-bond acceptors (Lipinski definition) is 7. The second-order valence-electron chi connectivity index (χ2n) is 5.40. The lowest BCUT2D eigenvalue weighted by molar-refractivity contribution is 0.0356. The van der Waals surface area contributed by atoms with Crippen molar-refractivity contribution in [2.75, 3.05) is 51.7 Å². The lowest BCUT2D eigenvalue weighted by Gasteiger charge is -2.26. The maximum Gasteiger partial charge on any atom is 0.318 e. The van der Waals surface area contributed by atoms with Gasteiger partial charge in [-0.15, -0.1) is 0 Å². The van der Waals surface area contributed by atoms with Crippen LogP contribution in [-0.4, -0.2) is 60.9 Å². The predicted octanol–water partition coefficient (Wildman–Crippen LogP) is -0.194. The van der Waals surface area contributed by atoms with Crippen molar-refractivity contribution < 1.29 is 9.47 Å². The van der Waals surface area contributed by atoms with Gasteiger partial charge in [0, 0.05) is 31.7 Å². The van der Waals surface area contributed by atoms with Gasteiger partial charge in [-0.05, 0) is 19.4 Å². The first-order valence-electron chi connectivity index (χ1n) is 7.62. The van der Waals surface area contributed by atoms with Gasteiger partial charge in [-0.3, -0.25) is 4.90 Å². The fourth-order valence-electron chi connectivity index (χ4n) is 2.71. The molecule has 0 amide bonds. The summed E-state index contributed by atoms with van der Waals surface area (Å²) in [6.45, 7) is 6.99. The van der Waals surface area contributed by atoms with Gasteiger partial charge in [0.25, 0.3) is 0 Å². The molecule has 0 atom stereocenters. The lowest BCUT2D eigenvalue weighted by Crippen LogP contribution is -2.37. The van der Waals surface area contributed by atoms with Crippen molar-refractivity contribution in [2.24, 2.45) is 0 Å². The minimum Gasteiger partial charge on any atom is -0.463 e. The van der Waals surface area contributed by atoms with Gasteiger partial charge in [0.15, 0.2) is 0 Å². The van der Waals surface area contributed by atoms with Crippen molar-refractivity contribution in [3.05, 3.63) is 11.3 Å². The smallest absolute Gasteiger partial charge is 0.318 e. The van der Waals surface area contributed by atoms with E-state index in [4.69, 9.17) is 15.2 Å². The highest BCUT2D eigenvalue weighted by Crippen LogP contribution is 2.20. The zero-order valence-electron chi connectivity index (χ0n) is 12.3. The van der Waals surface area contributed by atoms with Crippen LogP contribution in [0.5, 0.6) is 6.01 Å². The van der Waals surface area contributed by atoms with Crippen molar-refractivity contribution in [2.45, 2.75) is 19.4 Å². The monoisotopic (exact) mass is 293 g/mol. The van der Waals surface area contributed by atoms with Crippen molar-refractivity contribution >= 4 is 5.82 Å². The van der Waals surface area contributed by atoms with E-state index >= 15 is 0 Å². The van der Waals surface area contributed by atoms with E-state index < -0.39 is 0 Å². The molecule has 7 heteroatoms. The predicted molar refractivity (Wildman–Crippen MR) is 79.2 cm³/mol. The molecule has 1 aromatic rings. The standard InChI is InChI=1S/C14H23N5O2/c15-13-11-2-3-16-10-12(11)17-14(18-13)21-7-1-4-19-5-8-20-9-6-19/h16H,1-10H2,(H2,15,17,18). The van der Waals surface area contributed by atoms with Crippen LogP contribution in [-0.2, 0) is 17.7 Å². The number of fused-ring (bicyclic) bond motifs is 1. The first-order chi connectivity index (χ1) is 10.3. The number of nitrogen functional groups attached to an aromatic ring is 1. The third kappa shape index (κ3) is 3.81. The van der Waals surface area contributed by atoms with E-state index in [1.54, 1.807) is 0 Å². The normalized spacial score (nSPS) is 19.2. The minimum absolute atomic E-state index is 0.400. The SMILES string of the molecule is Nc1nc(OCCCN2CCOCC2)nc2c1CCNC2. The molecule has 0 aromatic carbocycles. The van der Waals surface area contributed by atoms with Gasteiger partial charge < -0.3 is 20.5 Å². The average molecular weight is 293 g/mol. The Morgan fingerprint density at radius 2 is 2.14 bits per heavy atom. The van der Waals surface area contributed by atoms with Gasteiger partial charge in [0.05, 0.1) is 25.5 Å². The fourth-order valence-corrected chi connectivity index (χ4v) is 2.71. The highest BCUT2D eigenvalue weighted by atomic mass is 16.5. The van der Waals surface area contributed by atoms with E-state index in [-0.39, 0.29) is 0 Å². The molecule has 0 aliphatic carbocycles. The number of hydrogen-bond donors (Lipinski definition) is 2. The zero-order chi connectivity index (χ0) is 14.5. The number of rotatable bonds is 5. The van der Waals surface area contributed by atoms with Crippen LogP contribution < -0.4 is 15.8 Å². The average Bonchev–Trinajstić information content (AvgIpc) is 2.53. The van der Waals surface area contributed by atoms with Gasteiger partial charge in [-0.2, -0.15) is 9.97 Å². The third-order valence-corrected chi connectivity index (χ3v) is 3.90. The number of nitrogens with zero attached hydrogens (tertiary/aromatic N) is 3. The molecule has 21 heavy (non-hydrogen) atoms. The van der Waals surface area contributed by atoms with Crippen LogP contribution in [0.4, 0.5) is 5.82 Å². The van der Waals surface area contributed by atoms with Gasteiger partial charge in [-0.1, -0.05) is 0 Å².